The number of ether oxygens (including phenoxy) is 1. The van der Waals surface area contributed by atoms with E-state index in [2.05, 4.69) is 20.7 Å². The van der Waals surface area contributed by atoms with Crippen molar-refractivity contribution in [2.24, 2.45) is 0 Å². The Kier molecular flexibility index (Phi) is 4.52. The van der Waals surface area contributed by atoms with Crippen molar-refractivity contribution in [1.82, 2.24) is 9.97 Å². The number of anilines is 1. The van der Waals surface area contributed by atoms with Crippen LogP contribution in [-0.2, 0) is 6.42 Å². The SMILES string of the molecule is CCOc1cccnc1NCCc1nc(C)cs1. The Bertz CT molecular complexity index is 498. The molecule has 0 bridgehead atoms. The Morgan fingerprint density at radius 1 is 1.44 bits per heavy atom. The molecule has 0 fully saturated rings. The first-order valence-corrected chi connectivity index (χ1v) is 6.90. The van der Waals surface area contributed by atoms with Crippen LogP contribution < -0.4 is 10.1 Å². The average Bonchev–Trinajstić information content (AvgIpc) is 2.78. The van der Waals surface area contributed by atoms with Gasteiger partial charge in [-0.2, -0.15) is 0 Å². The third-order valence-electron chi connectivity index (χ3n) is 2.37. The molecule has 0 aliphatic heterocycles. The Morgan fingerprint density at radius 3 is 3.06 bits per heavy atom. The molecule has 4 nitrogen and oxygen atoms in total. The normalized spacial score (nSPS) is 10.3. The standard InChI is InChI=1S/C13H17N3OS/c1-3-17-11-5-4-7-14-13(11)15-8-6-12-16-10(2)9-18-12/h4-5,7,9H,3,6,8H2,1-2H3,(H,14,15). The molecule has 96 valence electrons. The summed E-state index contributed by atoms with van der Waals surface area (Å²) >= 11 is 1.70. The lowest BCUT2D eigenvalue weighted by Gasteiger charge is -2.10. The van der Waals surface area contributed by atoms with Gasteiger partial charge in [-0.25, -0.2) is 9.97 Å². The Morgan fingerprint density at radius 2 is 2.33 bits per heavy atom. The van der Waals surface area contributed by atoms with E-state index in [0.717, 1.165) is 35.2 Å². The van der Waals surface area contributed by atoms with Crippen LogP contribution in [0, 0.1) is 6.92 Å². The first-order chi connectivity index (χ1) is 8.79. The Balaban J connectivity index is 1.89. The predicted molar refractivity (Wildman–Crippen MR) is 74.5 cm³/mol. The summed E-state index contributed by atoms with van der Waals surface area (Å²) in [6.45, 7) is 5.44. The van der Waals surface area contributed by atoms with Gasteiger partial charge in [0.05, 0.1) is 11.6 Å². The number of thiazole rings is 1. The molecule has 18 heavy (non-hydrogen) atoms. The highest BCUT2D eigenvalue weighted by molar-refractivity contribution is 7.09. The lowest BCUT2D eigenvalue weighted by Crippen LogP contribution is -2.08. The van der Waals surface area contributed by atoms with Gasteiger partial charge in [0, 0.05) is 30.2 Å². The number of hydrogen-bond acceptors (Lipinski definition) is 5. The maximum atomic E-state index is 5.51. The molecule has 2 heterocycles. The molecular formula is C13H17N3OS. The monoisotopic (exact) mass is 263 g/mol. The van der Waals surface area contributed by atoms with Crippen molar-refractivity contribution in [1.29, 1.82) is 0 Å². The van der Waals surface area contributed by atoms with Crippen LogP contribution in [0.3, 0.4) is 0 Å². The minimum absolute atomic E-state index is 0.645. The summed E-state index contributed by atoms with van der Waals surface area (Å²) in [6.07, 6.45) is 2.67. The van der Waals surface area contributed by atoms with Crippen molar-refractivity contribution in [3.05, 3.63) is 34.4 Å². The Labute approximate surface area is 111 Å². The van der Waals surface area contributed by atoms with Crippen LogP contribution in [0.5, 0.6) is 5.75 Å². The van der Waals surface area contributed by atoms with Gasteiger partial charge in [0.25, 0.3) is 0 Å². The van der Waals surface area contributed by atoms with E-state index in [-0.39, 0.29) is 0 Å². The van der Waals surface area contributed by atoms with E-state index in [9.17, 15) is 0 Å². The second kappa shape index (κ2) is 6.35. The Hall–Kier alpha value is -1.62. The maximum Gasteiger partial charge on any atom is 0.168 e. The largest absolute Gasteiger partial charge is 0.490 e. The molecule has 0 amide bonds. The van der Waals surface area contributed by atoms with Gasteiger partial charge in [0.2, 0.25) is 0 Å². The van der Waals surface area contributed by atoms with E-state index in [0.29, 0.717) is 6.61 Å². The minimum Gasteiger partial charge on any atom is -0.490 e. The third kappa shape index (κ3) is 3.43. The number of aromatic nitrogens is 2. The fourth-order valence-corrected chi connectivity index (χ4v) is 2.38. The molecule has 2 aromatic heterocycles. The maximum absolute atomic E-state index is 5.51. The van der Waals surface area contributed by atoms with E-state index in [1.165, 1.54) is 0 Å². The fraction of sp³-hybridized carbons (Fsp3) is 0.385. The van der Waals surface area contributed by atoms with E-state index in [1.807, 2.05) is 26.0 Å². The molecule has 1 N–H and O–H groups in total. The minimum atomic E-state index is 0.645. The van der Waals surface area contributed by atoms with Gasteiger partial charge in [0.15, 0.2) is 11.6 Å². The molecule has 0 aromatic carbocycles. The van der Waals surface area contributed by atoms with Crippen molar-refractivity contribution >= 4 is 17.2 Å². The van der Waals surface area contributed by atoms with Gasteiger partial charge in [-0.05, 0) is 26.0 Å². The molecule has 0 saturated heterocycles. The van der Waals surface area contributed by atoms with Gasteiger partial charge < -0.3 is 10.1 Å². The lowest BCUT2D eigenvalue weighted by atomic mass is 10.4. The van der Waals surface area contributed by atoms with E-state index in [1.54, 1.807) is 17.5 Å². The van der Waals surface area contributed by atoms with E-state index in [4.69, 9.17) is 4.74 Å². The topological polar surface area (TPSA) is 47.0 Å². The molecule has 0 saturated carbocycles. The summed E-state index contributed by atoms with van der Waals surface area (Å²) in [7, 11) is 0. The first kappa shape index (κ1) is 12.8. The van der Waals surface area contributed by atoms with Crippen molar-refractivity contribution in [3.8, 4) is 5.75 Å². The van der Waals surface area contributed by atoms with E-state index < -0.39 is 0 Å². The number of aryl methyl sites for hydroxylation is 1. The number of hydrogen-bond donors (Lipinski definition) is 1. The molecule has 0 spiro atoms. The van der Waals surface area contributed by atoms with Crippen LogP contribution in [0.25, 0.3) is 0 Å². The summed E-state index contributed by atoms with van der Waals surface area (Å²) in [6, 6.07) is 3.80. The summed E-state index contributed by atoms with van der Waals surface area (Å²) in [4.78, 5) is 8.71. The quantitative estimate of drug-likeness (QED) is 0.870. The van der Waals surface area contributed by atoms with Crippen LogP contribution >= 0.6 is 11.3 Å². The zero-order valence-electron chi connectivity index (χ0n) is 10.6. The van der Waals surface area contributed by atoms with Crippen LogP contribution in [-0.4, -0.2) is 23.1 Å². The number of pyridine rings is 1. The van der Waals surface area contributed by atoms with Gasteiger partial charge >= 0.3 is 0 Å². The number of nitrogens with one attached hydrogen (secondary N) is 1. The molecule has 0 radical (unpaired) electrons. The van der Waals surface area contributed by atoms with Crippen LogP contribution in [0.4, 0.5) is 5.82 Å². The lowest BCUT2D eigenvalue weighted by molar-refractivity contribution is 0.340. The van der Waals surface area contributed by atoms with Crippen molar-refractivity contribution < 1.29 is 4.74 Å². The molecule has 0 aliphatic rings. The van der Waals surface area contributed by atoms with Crippen molar-refractivity contribution in [2.45, 2.75) is 20.3 Å². The average molecular weight is 263 g/mol. The molecule has 2 aromatic rings. The highest BCUT2D eigenvalue weighted by atomic mass is 32.1. The highest BCUT2D eigenvalue weighted by Gasteiger charge is 2.04. The van der Waals surface area contributed by atoms with Crippen LogP contribution in [0.1, 0.15) is 17.6 Å². The summed E-state index contributed by atoms with van der Waals surface area (Å²) < 4.78 is 5.51. The summed E-state index contributed by atoms with van der Waals surface area (Å²) in [5, 5.41) is 6.50. The molecule has 0 unspecified atom stereocenters. The molecule has 0 atom stereocenters. The van der Waals surface area contributed by atoms with Gasteiger partial charge in [-0.3, -0.25) is 0 Å². The fourth-order valence-electron chi connectivity index (χ4n) is 1.60. The van der Waals surface area contributed by atoms with Gasteiger partial charge in [-0.15, -0.1) is 11.3 Å². The third-order valence-corrected chi connectivity index (χ3v) is 3.39. The molecule has 0 aliphatic carbocycles. The second-order valence-corrected chi connectivity index (χ2v) is 4.79. The predicted octanol–water partition coefficient (Wildman–Crippen LogP) is 2.90. The molecule has 2 rings (SSSR count). The van der Waals surface area contributed by atoms with Crippen molar-refractivity contribution in [3.63, 3.8) is 0 Å². The summed E-state index contributed by atoms with van der Waals surface area (Å²) in [5.41, 5.74) is 1.09. The first-order valence-electron chi connectivity index (χ1n) is 6.02. The number of rotatable bonds is 6. The highest BCUT2D eigenvalue weighted by Crippen LogP contribution is 2.20. The van der Waals surface area contributed by atoms with Gasteiger partial charge in [-0.1, -0.05) is 0 Å². The summed E-state index contributed by atoms with van der Waals surface area (Å²) in [5.74, 6) is 1.60. The van der Waals surface area contributed by atoms with Crippen molar-refractivity contribution in [2.75, 3.05) is 18.5 Å². The molecule has 5 heteroatoms. The van der Waals surface area contributed by atoms with Crippen LogP contribution in [0.2, 0.25) is 0 Å². The number of nitrogens with zero attached hydrogens (tertiary/aromatic N) is 2. The van der Waals surface area contributed by atoms with Crippen LogP contribution in [0.15, 0.2) is 23.7 Å². The zero-order valence-corrected chi connectivity index (χ0v) is 11.5. The van der Waals surface area contributed by atoms with E-state index >= 15 is 0 Å². The van der Waals surface area contributed by atoms with Gasteiger partial charge in [0.1, 0.15) is 0 Å². The smallest absolute Gasteiger partial charge is 0.168 e. The second-order valence-electron chi connectivity index (χ2n) is 3.84. The molecular weight excluding hydrogens is 246 g/mol. The zero-order chi connectivity index (χ0) is 12.8.